The van der Waals surface area contributed by atoms with E-state index < -0.39 is 4.92 Å². The van der Waals surface area contributed by atoms with Crippen molar-refractivity contribution in [1.82, 2.24) is 14.8 Å². The molecule has 8 nitrogen and oxygen atoms in total. The van der Waals surface area contributed by atoms with Crippen molar-refractivity contribution in [2.75, 3.05) is 5.01 Å². The SMILES string of the molecule is Cc1nnc2n1-c1ccccc1C(c1ccc(Cl)cc1)=NN2Cc1ccc([N+](=O)[O-])cc1. The second-order valence-electron chi connectivity index (χ2n) is 7.34. The van der Waals surface area contributed by atoms with Gasteiger partial charge < -0.3 is 0 Å². The lowest BCUT2D eigenvalue weighted by Gasteiger charge is -2.18. The van der Waals surface area contributed by atoms with Crippen molar-refractivity contribution in [1.29, 1.82) is 0 Å². The topological polar surface area (TPSA) is 89.5 Å². The Bertz CT molecular complexity index is 1350. The van der Waals surface area contributed by atoms with Crippen molar-refractivity contribution in [3.05, 3.63) is 110 Å². The molecule has 5 rings (SSSR count). The lowest BCUT2D eigenvalue weighted by Crippen LogP contribution is -2.20. The molecule has 0 spiro atoms. The van der Waals surface area contributed by atoms with Gasteiger partial charge in [0, 0.05) is 28.3 Å². The molecule has 0 amide bonds. The Balaban J connectivity index is 1.67. The summed E-state index contributed by atoms with van der Waals surface area (Å²) in [6.45, 7) is 2.26. The summed E-state index contributed by atoms with van der Waals surface area (Å²) in [4.78, 5) is 10.6. The Morgan fingerprint density at radius 3 is 2.41 bits per heavy atom. The van der Waals surface area contributed by atoms with Gasteiger partial charge in [0.05, 0.1) is 17.2 Å². The highest BCUT2D eigenvalue weighted by Crippen LogP contribution is 2.31. The van der Waals surface area contributed by atoms with Gasteiger partial charge in [-0.25, -0.2) is 5.01 Å². The number of nitrogens with zero attached hydrogens (tertiary/aromatic N) is 6. The number of hydrogen-bond acceptors (Lipinski definition) is 6. The van der Waals surface area contributed by atoms with Gasteiger partial charge in [0.15, 0.2) is 0 Å². The van der Waals surface area contributed by atoms with Crippen LogP contribution in [0.3, 0.4) is 0 Å². The molecule has 0 saturated carbocycles. The fourth-order valence-electron chi connectivity index (χ4n) is 3.71. The minimum Gasteiger partial charge on any atom is -0.263 e. The normalized spacial score (nSPS) is 12.6. The molecule has 0 atom stereocenters. The van der Waals surface area contributed by atoms with Crippen LogP contribution in [-0.2, 0) is 6.54 Å². The van der Waals surface area contributed by atoms with Crippen molar-refractivity contribution in [2.24, 2.45) is 5.10 Å². The summed E-state index contributed by atoms with van der Waals surface area (Å²) in [5.74, 6) is 1.30. The number of halogens is 1. The standard InChI is InChI=1S/C23H17ClN6O2/c1-15-25-26-23-28(14-16-6-12-19(13-7-16)30(31)32)27-22(17-8-10-18(24)11-9-17)20-4-2-3-5-21(20)29(15)23/h2-13H,14H2,1H3. The third kappa shape index (κ3) is 3.50. The number of rotatable bonds is 4. The number of hydrazone groups is 1. The first-order valence-electron chi connectivity index (χ1n) is 9.88. The van der Waals surface area contributed by atoms with E-state index in [0.717, 1.165) is 33.9 Å². The number of hydrogen-bond donors (Lipinski definition) is 0. The molecule has 0 unspecified atom stereocenters. The molecule has 0 fully saturated rings. The lowest BCUT2D eigenvalue weighted by atomic mass is 10.0. The quantitative estimate of drug-likeness (QED) is 0.329. The summed E-state index contributed by atoms with van der Waals surface area (Å²) in [7, 11) is 0. The van der Waals surface area contributed by atoms with Crippen LogP contribution < -0.4 is 5.01 Å². The number of non-ortho nitro benzene ring substituents is 1. The molecule has 4 aromatic rings. The van der Waals surface area contributed by atoms with Crippen LogP contribution in [0.25, 0.3) is 5.69 Å². The zero-order valence-electron chi connectivity index (χ0n) is 17.0. The summed E-state index contributed by atoms with van der Waals surface area (Å²) in [6.07, 6.45) is 0. The highest BCUT2D eigenvalue weighted by Gasteiger charge is 2.26. The average Bonchev–Trinajstić information content (AvgIpc) is 3.12. The summed E-state index contributed by atoms with van der Waals surface area (Å²) >= 11 is 6.11. The molecule has 158 valence electrons. The molecule has 0 bridgehead atoms. The van der Waals surface area contributed by atoms with E-state index in [1.165, 1.54) is 12.1 Å². The van der Waals surface area contributed by atoms with Crippen LogP contribution >= 0.6 is 11.6 Å². The van der Waals surface area contributed by atoms with E-state index in [1.807, 2.05) is 60.0 Å². The lowest BCUT2D eigenvalue weighted by molar-refractivity contribution is -0.384. The number of aromatic nitrogens is 3. The van der Waals surface area contributed by atoms with E-state index in [2.05, 4.69) is 10.2 Å². The fourth-order valence-corrected chi connectivity index (χ4v) is 3.84. The first-order valence-corrected chi connectivity index (χ1v) is 10.3. The van der Waals surface area contributed by atoms with Gasteiger partial charge in [-0.2, -0.15) is 5.10 Å². The number of nitro groups is 1. The van der Waals surface area contributed by atoms with Gasteiger partial charge in [0.2, 0.25) is 0 Å². The highest BCUT2D eigenvalue weighted by molar-refractivity contribution is 6.30. The number of anilines is 1. The second-order valence-corrected chi connectivity index (χ2v) is 7.77. The Morgan fingerprint density at radius 2 is 1.69 bits per heavy atom. The van der Waals surface area contributed by atoms with Crippen LogP contribution in [0.1, 0.15) is 22.5 Å². The van der Waals surface area contributed by atoms with Gasteiger partial charge in [0.25, 0.3) is 11.6 Å². The molecule has 0 N–H and O–H groups in total. The summed E-state index contributed by atoms with van der Waals surface area (Å²) in [5.41, 5.74) is 4.43. The smallest absolute Gasteiger partial charge is 0.263 e. The van der Waals surface area contributed by atoms with Crippen molar-refractivity contribution in [2.45, 2.75) is 13.5 Å². The van der Waals surface area contributed by atoms with Crippen LogP contribution in [0.5, 0.6) is 0 Å². The van der Waals surface area contributed by atoms with E-state index in [-0.39, 0.29) is 5.69 Å². The number of aryl methyl sites for hydroxylation is 1. The molecule has 32 heavy (non-hydrogen) atoms. The van der Waals surface area contributed by atoms with E-state index in [9.17, 15) is 10.1 Å². The molecule has 1 aliphatic rings. The number of para-hydroxylation sites is 1. The minimum absolute atomic E-state index is 0.0430. The molecule has 0 radical (unpaired) electrons. The number of nitro benzene ring substituents is 1. The Hall–Kier alpha value is -4.04. The van der Waals surface area contributed by atoms with Crippen molar-refractivity contribution >= 4 is 28.9 Å². The maximum absolute atomic E-state index is 11.0. The fraction of sp³-hybridized carbons (Fsp3) is 0.0870. The zero-order valence-corrected chi connectivity index (χ0v) is 17.8. The Morgan fingerprint density at radius 1 is 0.969 bits per heavy atom. The van der Waals surface area contributed by atoms with Gasteiger partial charge >= 0.3 is 0 Å². The second kappa shape index (κ2) is 7.90. The number of fused-ring (bicyclic) bond motifs is 3. The maximum atomic E-state index is 11.0. The molecule has 0 aliphatic carbocycles. The van der Waals surface area contributed by atoms with Crippen molar-refractivity contribution in [3.8, 4) is 5.69 Å². The van der Waals surface area contributed by atoms with Gasteiger partial charge in [-0.1, -0.05) is 54.1 Å². The first kappa shape index (κ1) is 19.9. The van der Waals surface area contributed by atoms with Gasteiger partial charge in [-0.3, -0.25) is 14.7 Å². The van der Waals surface area contributed by atoms with Crippen LogP contribution in [0.15, 0.2) is 77.9 Å². The maximum Gasteiger partial charge on any atom is 0.269 e. The van der Waals surface area contributed by atoms with Crippen molar-refractivity contribution < 1.29 is 4.92 Å². The van der Waals surface area contributed by atoms with E-state index >= 15 is 0 Å². The Labute approximate surface area is 188 Å². The predicted molar refractivity (Wildman–Crippen MR) is 122 cm³/mol. The molecular weight excluding hydrogens is 428 g/mol. The van der Waals surface area contributed by atoms with Crippen LogP contribution in [0.4, 0.5) is 11.6 Å². The van der Waals surface area contributed by atoms with Gasteiger partial charge in [-0.15, -0.1) is 10.2 Å². The predicted octanol–water partition coefficient (Wildman–Crippen LogP) is 4.91. The molecule has 3 aromatic carbocycles. The van der Waals surface area contributed by atoms with Crippen LogP contribution in [0, 0.1) is 17.0 Å². The van der Waals surface area contributed by atoms with E-state index in [1.54, 1.807) is 17.1 Å². The largest absolute Gasteiger partial charge is 0.269 e. The molecular formula is C23H17ClN6O2. The molecule has 2 heterocycles. The van der Waals surface area contributed by atoms with Crippen LogP contribution in [0.2, 0.25) is 5.02 Å². The molecule has 1 aromatic heterocycles. The van der Waals surface area contributed by atoms with E-state index in [4.69, 9.17) is 16.7 Å². The number of benzene rings is 3. The van der Waals surface area contributed by atoms with Gasteiger partial charge in [0.1, 0.15) is 11.5 Å². The third-order valence-corrected chi connectivity index (χ3v) is 5.51. The molecule has 1 aliphatic heterocycles. The van der Waals surface area contributed by atoms with Gasteiger partial charge in [-0.05, 0) is 30.7 Å². The first-order chi connectivity index (χ1) is 15.5. The molecule has 9 heteroatoms. The van der Waals surface area contributed by atoms with Crippen LogP contribution in [-0.4, -0.2) is 25.4 Å². The summed E-state index contributed by atoms with van der Waals surface area (Å²) in [5, 5.41) is 27.1. The molecule has 0 saturated heterocycles. The zero-order chi connectivity index (χ0) is 22.2. The highest BCUT2D eigenvalue weighted by atomic mass is 35.5. The minimum atomic E-state index is -0.414. The average molecular weight is 445 g/mol. The van der Waals surface area contributed by atoms with E-state index in [0.29, 0.717) is 17.5 Å². The monoisotopic (exact) mass is 444 g/mol. The summed E-state index contributed by atoms with van der Waals surface area (Å²) < 4.78 is 1.97. The summed E-state index contributed by atoms with van der Waals surface area (Å²) in [6, 6.07) is 21.9. The Kier molecular flexibility index (Phi) is 4.91. The van der Waals surface area contributed by atoms with Crippen molar-refractivity contribution in [3.63, 3.8) is 0 Å². The third-order valence-electron chi connectivity index (χ3n) is 5.26.